The van der Waals surface area contributed by atoms with Crippen molar-refractivity contribution in [2.24, 2.45) is 11.7 Å². The third-order valence-electron chi connectivity index (χ3n) is 3.92. The second kappa shape index (κ2) is 6.84. The highest BCUT2D eigenvalue weighted by molar-refractivity contribution is 7.89. The lowest BCUT2D eigenvalue weighted by Gasteiger charge is -2.19. The van der Waals surface area contributed by atoms with E-state index in [0.717, 1.165) is 19.3 Å². The molecule has 1 saturated heterocycles. The van der Waals surface area contributed by atoms with Gasteiger partial charge in [0.1, 0.15) is 4.90 Å². The summed E-state index contributed by atoms with van der Waals surface area (Å²) >= 11 is 12.2. The van der Waals surface area contributed by atoms with Gasteiger partial charge in [0, 0.05) is 30.2 Å². The van der Waals surface area contributed by atoms with Crippen LogP contribution in [0, 0.1) is 5.92 Å². The van der Waals surface area contributed by atoms with Crippen molar-refractivity contribution in [3.8, 4) is 0 Å². The number of benzene rings is 1. The summed E-state index contributed by atoms with van der Waals surface area (Å²) in [5, 5.41) is 0.538. The van der Waals surface area contributed by atoms with Crippen LogP contribution in [0.5, 0.6) is 0 Å². The molecule has 1 unspecified atom stereocenters. The van der Waals surface area contributed by atoms with Gasteiger partial charge in [0.2, 0.25) is 10.0 Å². The Kier molecular flexibility index (Phi) is 5.54. The maximum absolute atomic E-state index is 12.7. The first-order chi connectivity index (χ1) is 9.91. The van der Waals surface area contributed by atoms with Crippen LogP contribution in [0.1, 0.15) is 31.7 Å². The van der Waals surface area contributed by atoms with Gasteiger partial charge in [-0.25, -0.2) is 8.42 Å². The first-order valence-corrected chi connectivity index (χ1v) is 9.28. The molecule has 2 rings (SSSR count). The Morgan fingerprint density at radius 1 is 1.38 bits per heavy atom. The smallest absolute Gasteiger partial charge is 0.244 e. The lowest BCUT2D eigenvalue weighted by Crippen LogP contribution is -2.29. The van der Waals surface area contributed by atoms with Crippen LogP contribution >= 0.6 is 23.2 Å². The summed E-state index contributed by atoms with van der Waals surface area (Å²) in [5.41, 5.74) is 6.08. The minimum atomic E-state index is -3.58. The fourth-order valence-electron chi connectivity index (χ4n) is 2.76. The summed E-state index contributed by atoms with van der Waals surface area (Å²) < 4.78 is 27.0. The van der Waals surface area contributed by atoms with E-state index < -0.39 is 10.0 Å². The highest BCUT2D eigenvalue weighted by Crippen LogP contribution is 2.34. The predicted octanol–water partition coefficient (Wildman–Crippen LogP) is 3.26. The van der Waals surface area contributed by atoms with Crippen molar-refractivity contribution >= 4 is 33.2 Å². The standard InChI is InChI=1S/C14H20Cl2N2O2S/c1-2-3-10-6-7-18(9-10)21(19,20)13-5-4-12(15)11(8-17)14(13)16/h4-5,10H,2-3,6-9,17H2,1H3. The molecule has 0 spiro atoms. The van der Waals surface area contributed by atoms with Gasteiger partial charge in [-0.2, -0.15) is 4.31 Å². The molecule has 7 heteroatoms. The van der Waals surface area contributed by atoms with E-state index >= 15 is 0 Å². The van der Waals surface area contributed by atoms with E-state index in [1.807, 2.05) is 0 Å². The minimum absolute atomic E-state index is 0.103. The second-order valence-electron chi connectivity index (χ2n) is 5.35. The van der Waals surface area contributed by atoms with Gasteiger partial charge in [0.15, 0.2) is 0 Å². The number of sulfonamides is 1. The first kappa shape index (κ1) is 17.0. The molecule has 4 nitrogen and oxygen atoms in total. The monoisotopic (exact) mass is 350 g/mol. The van der Waals surface area contributed by atoms with Crippen molar-refractivity contribution in [2.75, 3.05) is 13.1 Å². The first-order valence-electron chi connectivity index (χ1n) is 7.08. The molecule has 1 aliphatic heterocycles. The lowest BCUT2D eigenvalue weighted by atomic mass is 10.0. The van der Waals surface area contributed by atoms with Crippen LogP contribution in [0.3, 0.4) is 0 Å². The summed E-state index contributed by atoms with van der Waals surface area (Å²) in [5.74, 6) is 0.435. The molecule has 1 heterocycles. The number of hydrogen-bond donors (Lipinski definition) is 1. The van der Waals surface area contributed by atoms with E-state index in [9.17, 15) is 8.42 Å². The summed E-state index contributed by atoms with van der Waals surface area (Å²) in [6, 6.07) is 3.01. The molecule has 0 aromatic heterocycles. The molecule has 0 aliphatic carbocycles. The summed E-state index contributed by atoms with van der Waals surface area (Å²) in [7, 11) is -3.58. The van der Waals surface area contributed by atoms with Gasteiger partial charge in [0.25, 0.3) is 0 Å². The lowest BCUT2D eigenvalue weighted by molar-refractivity contribution is 0.444. The second-order valence-corrected chi connectivity index (χ2v) is 8.04. The number of nitrogens with zero attached hydrogens (tertiary/aromatic N) is 1. The van der Waals surface area contributed by atoms with Gasteiger partial charge >= 0.3 is 0 Å². The minimum Gasteiger partial charge on any atom is -0.326 e. The molecule has 0 bridgehead atoms. The van der Waals surface area contributed by atoms with Gasteiger partial charge in [-0.3, -0.25) is 0 Å². The molecule has 1 aromatic carbocycles. The zero-order chi connectivity index (χ0) is 15.6. The Labute approximate surface area is 136 Å². The molecular weight excluding hydrogens is 331 g/mol. The predicted molar refractivity (Wildman–Crippen MR) is 86.1 cm³/mol. The summed E-state index contributed by atoms with van der Waals surface area (Å²) in [6.07, 6.45) is 3.02. The summed E-state index contributed by atoms with van der Waals surface area (Å²) in [6.45, 7) is 3.33. The van der Waals surface area contributed by atoms with Crippen LogP contribution in [0.4, 0.5) is 0 Å². The third kappa shape index (κ3) is 3.37. The van der Waals surface area contributed by atoms with Crippen LogP contribution in [0.2, 0.25) is 10.0 Å². The van der Waals surface area contributed by atoms with Crippen LogP contribution in [-0.2, 0) is 16.6 Å². The SMILES string of the molecule is CCCC1CCN(S(=O)(=O)c2ccc(Cl)c(CN)c2Cl)C1. The highest BCUT2D eigenvalue weighted by atomic mass is 35.5. The Bertz CT molecular complexity index is 620. The van der Waals surface area contributed by atoms with E-state index in [0.29, 0.717) is 29.6 Å². The number of rotatable bonds is 5. The molecule has 1 aliphatic rings. The van der Waals surface area contributed by atoms with E-state index in [2.05, 4.69) is 6.92 Å². The fraction of sp³-hybridized carbons (Fsp3) is 0.571. The van der Waals surface area contributed by atoms with Crippen LogP contribution in [0.15, 0.2) is 17.0 Å². The molecule has 21 heavy (non-hydrogen) atoms. The zero-order valence-corrected chi connectivity index (χ0v) is 14.3. The Morgan fingerprint density at radius 3 is 2.71 bits per heavy atom. The van der Waals surface area contributed by atoms with Gasteiger partial charge in [-0.05, 0) is 30.9 Å². The van der Waals surface area contributed by atoms with Gasteiger partial charge in [-0.1, -0.05) is 36.5 Å². The Balaban J connectivity index is 2.33. The largest absolute Gasteiger partial charge is 0.326 e. The number of nitrogens with two attached hydrogens (primary N) is 1. The van der Waals surface area contributed by atoms with Crippen molar-refractivity contribution in [3.05, 3.63) is 27.7 Å². The molecule has 0 saturated carbocycles. The van der Waals surface area contributed by atoms with E-state index in [4.69, 9.17) is 28.9 Å². The van der Waals surface area contributed by atoms with Crippen molar-refractivity contribution in [3.63, 3.8) is 0 Å². The number of halogens is 2. The average Bonchev–Trinajstić information content (AvgIpc) is 2.89. The van der Waals surface area contributed by atoms with E-state index in [1.54, 1.807) is 6.07 Å². The fourth-order valence-corrected chi connectivity index (χ4v) is 5.20. The van der Waals surface area contributed by atoms with Crippen molar-refractivity contribution in [1.29, 1.82) is 0 Å². The summed E-state index contributed by atoms with van der Waals surface area (Å²) in [4.78, 5) is 0.103. The quantitative estimate of drug-likeness (QED) is 0.886. The molecule has 1 atom stereocenters. The normalized spacial score (nSPS) is 20.1. The molecule has 0 radical (unpaired) electrons. The van der Waals surface area contributed by atoms with Gasteiger partial charge in [0.05, 0.1) is 5.02 Å². The molecule has 2 N–H and O–H groups in total. The van der Waals surface area contributed by atoms with Crippen molar-refractivity contribution < 1.29 is 8.42 Å². The topological polar surface area (TPSA) is 63.4 Å². The molecule has 118 valence electrons. The molecule has 0 amide bonds. The van der Waals surface area contributed by atoms with Gasteiger partial charge in [-0.15, -0.1) is 0 Å². The Hall–Kier alpha value is -0.330. The van der Waals surface area contributed by atoms with Crippen LogP contribution in [0.25, 0.3) is 0 Å². The highest BCUT2D eigenvalue weighted by Gasteiger charge is 2.33. The van der Waals surface area contributed by atoms with Crippen molar-refractivity contribution in [1.82, 2.24) is 4.31 Å². The molecule has 1 fully saturated rings. The zero-order valence-electron chi connectivity index (χ0n) is 12.0. The maximum Gasteiger partial charge on any atom is 0.244 e. The van der Waals surface area contributed by atoms with Crippen molar-refractivity contribution in [2.45, 2.75) is 37.6 Å². The maximum atomic E-state index is 12.7. The van der Waals surface area contributed by atoms with Gasteiger partial charge < -0.3 is 5.73 Å². The third-order valence-corrected chi connectivity index (χ3v) is 6.72. The van der Waals surface area contributed by atoms with E-state index in [-0.39, 0.29) is 16.5 Å². The van der Waals surface area contributed by atoms with Crippen LogP contribution < -0.4 is 5.73 Å². The Morgan fingerprint density at radius 2 is 2.10 bits per heavy atom. The van der Waals surface area contributed by atoms with E-state index in [1.165, 1.54) is 10.4 Å². The molecular formula is C14H20Cl2N2O2S. The molecule has 1 aromatic rings. The van der Waals surface area contributed by atoms with Crippen LogP contribution in [-0.4, -0.2) is 25.8 Å². The average molecular weight is 351 g/mol. The number of hydrogen-bond acceptors (Lipinski definition) is 3.